The highest BCUT2D eigenvalue weighted by Crippen LogP contribution is 2.26. The molecule has 0 aliphatic rings. The number of carbonyl (C=O) groups is 3. The van der Waals surface area contributed by atoms with Crippen LogP contribution in [0, 0.1) is 0 Å². The van der Waals surface area contributed by atoms with Crippen LogP contribution in [0.4, 0.5) is 5.69 Å². The normalized spacial score (nSPS) is 11.8. The van der Waals surface area contributed by atoms with Gasteiger partial charge in [0.1, 0.15) is 0 Å². The quantitative estimate of drug-likeness (QED) is 0.625. The van der Waals surface area contributed by atoms with Gasteiger partial charge in [0, 0.05) is 12.1 Å². The fourth-order valence-electron chi connectivity index (χ4n) is 2.48. The first-order valence-electron chi connectivity index (χ1n) is 8.14. The lowest BCUT2D eigenvalue weighted by molar-refractivity contribution is -0.199. The van der Waals surface area contributed by atoms with Gasteiger partial charge < -0.3 is 20.3 Å². The van der Waals surface area contributed by atoms with Crippen molar-refractivity contribution in [2.24, 2.45) is 0 Å². The SMILES string of the molecule is CC(C)(C)OC(Cc1ccc(NC(=O)c2cccs2)cc1)(C(=O)O)C(=O)O. The molecule has 0 aliphatic heterocycles. The van der Waals surface area contributed by atoms with E-state index in [0.29, 0.717) is 16.1 Å². The molecule has 3 N–H and O–H groups in total. The van der Waals surface area contributed by atoms with Crippen molar-refractivity contribution >= 4 is 34.9 Å². The number of ether oxygens (including phenoxy) is 1. The molecular formula is C19H21NO6S. The molecule has 8 heteroatoms. The van der Waals surface area contributed by atoms with Crippen molar-refractivity contribution in [2.75, 3.05) is 5.32 Å². The topological polar surface area (TPSA) is 113 Å². The molecule has 2 aromatic rings. The molecule has 0 aliphatic carbocycles. The monoisotopic (exact) mass is 391 g/mol. The number of anilines is 1. The van der Waals surface area contributed by atoms with Crippen molar-refractivity contribution in [3.8, 4) is 0 Å². The molecule has 0 atom stereocenters. The molecule has 0 bridgehead atoms. The van der Waals surface area contributed by atoms with Gasteiger partial charge in [-0.2, -0.15) is 0 Å². The lowest BCUT2D eigenvalue weighted by Crippen LogP contribution is -2.54. The zero-order valence-electron chi connectivity index (χ0n) is 15.2. The zero-order valence-corrected chi connectivity index (χ0v) is 16.0. The average Bonchev–Trinajstić information content (AvgIpc) is 3.09. The van der Waals surface area contributed by atoms with Crippen molar-refractivity contribution < 1.29 is 29.3 Å². The van der Waals surface area contributed by atoms with Crippen molar-refractivity contribution in [3.05, 3.63) is 52.2 Å². The zero-order chi connectivity index (χ0) is 20.2. The van der Waals surface area contributed by atoms with Gasteiger partial charge in [-0.1, -0.05) is 18.2 Å². The summed E-state index contributed by atoms with van der Waals surface area (Å²) in [6, 6.07) is 9.79. The third kappa shape index (κ3) is 5.15. The predicted octanol–water partition coefficient (Wildman–Crippen LogP) is 3.27. The maximum atomic E-state index is 12.0. The number of nitrogens with one attached hydrogen (secondary N) is 1. The van der Waals surface area contributed by atoms with Crippen LogP contribution in [0.3, 0.4) is 0 Å². The molecule has 144 valence electrons. The number of amides is 1. The van der Waals surface area contributed by atoms with Crippen LogP contribution >= 0.6 is 11.3 Å². The number of thiophene rings is 1. The average molecular weight is 391 g/mol. The summed E-state index contributed by atoms with van der Waals surface area (Å²) in [5.74, 6) is -3.39. The minimum absolute atomic E-state index is 0.251. The van der Waals surface area contributed by atoms with Crippen LogP contribution in [0.2, 0.25) is 0 Å². The summed E-state index contributed by atoms with van der Waals surface area (Å²) in [5.41, 5.74) is -2.39. The Morgan fingerprint density at radius 2 is 1.63 bits per heavy atom. The molecular weight excluding hydrogens is 370 g/mol. The molecule has 0 unspecified atom stereocenters. The Balaban J connectivity index is 2.20. The number of aliphatic carboxylic acids is 2. The summed E-state index contributed by atoms with van der Waals surface area (Å²) < 4.78 is 5.43. The van der Waals surface area contributed by atoms with E-state index >= 15 is 0 Å². The second-order valence-corrected chi connectivity index (χ2v) is 7.90. The summed E-state index contributed by atoms with van der Waals surface area (Å²) in [5, 5.41) is 23.6. The largest absolute Gasteiger partial charge is 0.479 e. The summed E-state index contributed by atoms with van der Waals surface area (Å²) in [6.45, 7) is 4.78. The fourth-order valence-corrected chi connectivity index (χ4v) is 3.10. The van der Waals surface area contributed by atoms with Gasteiger partial charge in [-0.25, -0.2) is 9.59 Å². The molecule has 0 spiro atoms. The summed E-state index contributed by atoms with van der Waals surface area (Å²) >= 11 is 1.31. The first-order chi connectivity index (χ1) is 12.5. The molecule has 1 heterocycles. The molecule has 1 aromatic carbocycles. The van der Waals surface area contributed by atoms with Crippen LogP contribution in [0.5, 0.6) is 0 Å². The molecule has 1 aromatic heterocycles. The van der Waals surface area contributed by atoms with E-state index in [4.69, 9.17) is 4.74 Å². The number of carboxylic acids is 2. The molecule has 0 fully saturated rings. The Morgan fingerprint density at radius 1 is 1.04 bits per heavy atom. The molecule has 2 rings (SSSR count). The first kappa shape index (κ1) is 20.6. The van der Waals surface area contributed by atoms with Crippen molar-refractivity contribution in [1.29, 1.82) is 0 Å². The van der Waals surface area contributed by atoms with Crippen LogP contribution in [-0.4, -0.2) is 39.3 Å². The Hall–Kier alpha value is -2.71. The van der Waals surface area contributed by atoms with Crippen molar-refractivity contribution in [3.63, 3.8) is 0 Å². The molecule has 0 radical (unpaired) electrons. The molecule has 7 nitrogen and oxygen atoms in total. The predicted molar refractivity (Wildman–Crippen MR) is 101 cm³/mol. The molecule has 1 amide bonds. The molecule has 0 saturated heterocycles. The fraction of sp³-hybridized carbons (Fsp3) is 0.316. The highest BCUT2D eigenvalue weighted by Gasteiger charge is 2.50. The van der Waals surface area contributed by atoms with E-state index in [0.717, 1.165) is 0 Å². The van der Waals surface area contributed by atoms with Crippen LogP contribution in [0.1, 0.15) is 36.0 Å². The van der Waals surface area contributed by atoms with E-state index in [-0.39, 0.29) is 12.3 Å². The number of hydrogen-bond donors (Lipinski definition) is 3. The minimum atomic E-state index is -2.40. The van der Waals surface area contributed by atoms with Gasteiger partial charge >= 0.3 is 11.9 Å². The maximum absolute atomic E-state index is 12.0. The van der Waals surface area contributed by atoms with Gasteiger partial charge in [0.25, 0.3) is 11.5 Å². The van der Waals surface area contributed by atoms with E-state index in [1.807, 2.05) is 0 Å². The standard InChI is InChI=1S/C19H21NO6S/c1-18(2,3)26-19(16(22)23,17(24)25)11-12-6-8-13(9-7-12)20-15(21)14-5-4-10-27-14/h4-10H,11H2,1-3H3,(H,20,21)(H,22,23)(H,24,25). The Bertz CT molecular complexity index is 807. The Morgan fingerprint density at radius 3 is 2.07 bits per heavy atom. The number of benzene rings is 1. The van der Waals surface area contributed by atoms with Gasteiger partial charge in [-0.05, 0) is 49.9 Å². The lowest BCUT2D eigenvalue weighted by Gasteiger charge is -2.33. The Kier molecular flexibility index (Phi) is 6.02. The second-order valence-electron chi connectivity index (χ2n) is 6.96. The summed E-state index contributed by atoms with van der Waals surface area (Å²) in [7, 11) is 0. The van der Waals surface area contributed by atoms with Crippen molar-refractivity contribution in [1.82, 2.24) is 0 Å². The lowest BCUT2D eigenvalue weighted by atomic mass is 9.93. The highest BCUT2D eigenvalue weighted by atomic mass is 32.1. The van der Waals surface area contributed by atoms with Gasteiger partial charge in [-0.15, -0.1) is 11.3 Å². The van der Waals surface area contributed by atoms with E-state index in [2.05, 4.69) is 5.32 Å². The van der Waals surface area contributed by atoms with Gasteiger partial charge in [0.15, 0.2) is 0 Å². The van der Waals surface area contributed by atoms with E-state index < -0.39 is 23.1 Å². The van der Waals surface area contributed by atoms with Gasteiger partial charge in [-0.3, -0.25) is 4.79 Å². The smallest absolute Gasteiger partial charge is 0.348 e. The van der Waals surface area contributed by atoms with Gasteiger partial charge in [0.2, 0.25) is 0 Å². The number of hydrogen-bond acceptors (Lipinski definition) is 5. The highest BCUT2D eigenvalue weighted by molar-refractivity contribution is 7.12. The number of carbonyl (C=O) groups excluding carboxylic acids is 1. The van der Waals surface area contributed by atoms with Gasteiger partial charge in [0.05, 0.1) is 10.5 Å². The van der Waals surface area contributed by atoms with E-state index in [9.17, 15) is 24.6 Å². The summed E-state index contributed by atoms with van der Waals surface area (Å²) in [6.07, 6.45) is -0.353. The summed E-state index contributed by atoms with van der Waals surface area (Å²) in [4.78, 5) is 36.1. The van der Waals surface area contributed by atoms with E-state index in [1.165, 1.54) is 11.3 Å². The van der Waals surface area contributed by atoms with Crippen LogP contribution in [0.15, 0.2) is 41.8 Å². The molecule has 27 heavy (non-hydrogen) atoms. The Labute approximate surface area is 160 Å². The van der Waals surface area contributed by atoms with Crippen LogP contribution < -0.4 is 5.32 Å². The van der Waals surface area contributed by atoms with Crippen LogP contribution in [0.25, 0.3) is 0 Å². The second kappa shape index (κ2) is 7.89. The van der Waals surface area contributed by atoms with Crippen LogP contribution in [-0.2, 0) is 20.7 Å². The van der Waals surface area contributed by atoms with E-state index in [1.54, 1.807) is 62.5 Å². The third-order valence-electron chi connectivity index (χ3n) is 3.58. The first-order valence-corrected chi connectivity index (χ1v) is 9.02. The number of carboxylic acid groups (broad SMARTS) is 2. The van der Waals surface area contributed by atoms with Crippen molar-refractivity contribution in [2.45, 2.75) is 38.4 Å². The third-order valence-corrected chi connectivity index (χ3v) is 4.45. The minimum Gasteiger partial charge on any atom is -0.479 e. The molecule has 0 saturated carbocycles. The number of rotatable bonds is 7. The maximum Gasteiger partial charge on any atom is 0.348 e.